The Hall–Kier alpha value is -1.57. The lowest BCUT2D eigenvalue weighted by Gasteiger charge is -2.06. The van der Waals surface area contributed by atoms with Crippen LogP contribution in [0, 0.1) is 0 Å². The molecule has 0 saturated heterocycles. The topological polar surface area (TPSA) is 26.3 Å². The molecule has 0 rings (SSSR count). The van der Waals surface area contributed by atoms with Crippen molar-refractivity contribution in [2.45, 2.75) is 104 Å². The second kappa shape index (κ2) is 20.7. The quantitative estimate of drug-likeness (QED) is 0.147. The van der Waals surface area contributed by atoms with Crippen molar-refractivity contribution in [3.05, 3.63) is 48.6 Å². The van der Waals surface area contributed by atoms with Gasteiger partial charge in [-0.1, -0.05) is 81.2 Å². The summed E-state index contributed by atoms with van der Waals surface area (Å²) >= 11 is 0. The van der Waals surface area contributed by atoms with Gasteiger partial charge in [-0.2, -0.15) is 0 Å². The van der Waals surface area contributed by atoms with Gasteiger partial charge in [0.15, 0.2) is 0 Å². The van der Waals surface area contributed by atoms with Crippen LogP contribution in [0.15, 0.2) is 48.6 Å². The standard InChI is InChI=1S/C25H42O2/c1-4-5-6-7-8-9-10-11-12-13-14-15-16-17-18-19-20-21-22-23-25(26)27-24(2)3/h10-11,13-14,16-17,19-20,24H,4-9,12,15,18,21-23H2,1-3H3/b11-10-,14-13-,17-16-,20-19-. The van der Waals surface area contributed by atoms with Crippen LogP contribution in [0.3, 0.4) is 0 Å². The Morgan fingerprint density at radius 1 is 0.704 bits per heavy atom. The Morgan fingerprint density at radius 3 is 1.70 bits per heavy atom. The van der Waals surface area contributed by atoms with Gasteiger partial charge in [-0.25, -0.2) is 0 Å². The van der Waals surface area contributed by atoms with Crippen LogP contribution in [0.25, 0.3) is 0 Å². The summed E-state index contributed by atoms with van der Waals surface area (Å²) in [7, 11) is 0. The summed E-state index contributed by atoms with van der Waals surface area (Å²) in [4.78, 5) is 11.4. The van der Waals surface area contributed by atoms with E-state index in [0.29, 0.717) is 6.42 Å². The third kappa shape index (κ3) is 22.4. The third-order valence-corrected chi connectivity index (χ3v) is 4.08. The molecule has 0 radical (unpaired) electrons. The molecule has 2 heteroatoms. The third-order valence-electron chi connectivity index (χ3n) is 4.08. The molecule has 0 saturated carbocycles. The number of rotatable bonds is 17. The van der Waals surface area contributed by atoms with E-state index in [0.717, 1.165) is 32.1 Å². The first-order valence-corrected chi connectivity index (χ1v) is 11.0. The lowest BCUT2D eigenvalue weighted by molar-refractivity contribution is -0.147. The fourth-order valence-corrected chi connectivity index (χ4v) is 2.60. The van der Waals surface area contributed by atoms with Crippen LogP contribution in [-0.2, 0) is 9.53 Å². The fraction of sp³-hybridized carbons (Fsp3) is 0.640. The highest BCUT2D eigenvalue weighted by molar-refractivity contribution is 5.69. The number of ether oxygens (including phenoxy) is 1. The molecule has 0 spiro atoms. The minimum absolute atomic E-state index is 0.0106. The van der Waals surface area contributed by atoms with Crippen molar-refractivity contribution in [1.82, 2.24) is 0 Å². The summed E-state index contributed by atoms with van der Waals surface area (Å²) in [6.45, 7) is 6.02. The average molecular weight is 375 g/mol. The summed E-state index contributed by atoms with van der Waals surface area (Å²) in [6, 6.07) is 0. The molecule has 0 aromatic carbocycles. The first kappa shape index (κ1) is 25.4. The molecule has 0 fully saturated rings. The van der Waals surface area contributed by atoms with Crippen LogP contribution >= 0.6 is 0 Å². The molecule has 154 valence electrons. The lowest BCUT2D eigenvalue weighted by Crippen LogP contribution is -2.10. The highest BCUT2D eigenvalue weighted by atomic mass is 16.5. The number of unbranched alkanes of at least 4 members (excludes halogenated alkanes) is 6. The summed E-state index contributed by atoms with van der Waals surface area (Å²) in [6.07, 6.45) is 31.1. The van der Waals surface area contributed by atoms with Crippen molar-refractivity contribution in [2.24, 2.45) is 0 Å². The van der Waals surface area contributed by atoms with E-state index in [1.807, 2.05) is 13.8 Å². The second-order valence-electron chi connectivity index (χ2n) is 7.23. The van der Waals surface area contributed by atoms with Crippen molar-refractivity contribution in [3.8, 4) is 0 Å². The predicted molar refractivity (Wildman–Crippen MR) is 119 cm³/mol. The first-order valence-electron chi connectivity index (χ1n) is 11.0. The summed E-state index contributed by atoms with van der Waals surface area (Å²) in [5.41, 5.74) is 0. The van der Waals surface area contributed by atoms with E-state index in [4.69, 9.17) is 4.74 Å². The van der Waals surface area contributed by atoms with E-state index in [9.17, 15) is 4.79 Å². The van der Waals surface area contributed by atoms with Gasteiger partial charge in [0, 0.05) is 6.42 Å². The van der Waals surface area contributed by atoms with Gasteiger partial charge in [-0.15, -0.1) is 0 Å². The van der Waals surface area contributed by atoms with Crippen LogP contribution < -0.4 is 0 Å². The van der Waals surface area contributed by atoms with Crippen LogP contribution in [0.5, 0.6) is 0 Å². The molecule has 0 aliphatic carbocycles. The van der Waals surface area contributed by atoms with Gasteiger partial charge >= 0.3 is 5.97 Å². The van der Waals surface area contributed by atoms with E-state index < -0.39 is 0 Å². The van der Waals surface area contributed by atoms with Gasteiger partial charge in [-0.3, -0.25) is 4.79 Å². The molecule has 0 N–H and O–H groups in total. The Bertz CT molecular complexity index is 441. The smallest absolute Gasteiger partial charge is 0.306 e. The number of hydrogen-bond acceptors (Lipinski definition) is 2. The maximum Gasteiger partial charge on any atom is 0.306 e. The van der Waals surface area contributed by atoms with E-state index in [-0.39, 0.29) is 12.1 Å². The van der Waals surface area contributed by atoms with E-state index in [1.165, 1.54) is 38.5 Å². The Kier molecular flexibility index (Phi) is 19.5. The van der Waals surface area contributed by atoms with E-state index in [2.05, 4.69) is 55.5 Å². The van der Waals surface area contributed by atoms with Crippen molar-refractivity contribution >= 4 is 5.97 Å². The van der Waals surface area contributed by atoms with Gasteiger partial charge in [0.2, 0.25) is 0 Å². The molecule has 0 aliphatic rings. The highest BCUT2D eigenvalue weighted by Gasteiger charge is 2.03. The maximum absolute atomic E-state index is 11.4. The molecule has 0 heterocycles. The lowest BCUT2D eigenvalue weighted by atomic mass is 10.1. The number of hydrogen-bond donors (Lipinski definition) is 0. The zero-order valence-corrected chi connectivity index (χ0v) is 18.0. The molecule has 0 aliphatic heterocycles. The molecular formula is C25H42O2. The summed E-state index contributed by atoms with van der Waals surface area (Å²) in [5, 5.41) is 0. The largest absolute Gasteiger partial charge is 0.463 e. The number of carbonyl (C=O) groups excluding carboxylic acids is 1. The second-order valence-corrected chi connectivity index (χ2v) is 7.23. The summed E-state index contributed by atoms with van der Waals surface area (Å²) < 4.78 is 5.10. The van der Waals surface area contributed by atoms with Gasteiger partial charge in [-0.05, 0) is 58.8 Å². The van der Waals surface area contributed by atoms with Crippen LogP contribution in [0.2, 0.25) is 0 Å². The van der Waals surface area contributed by atoms with Gasteiger partial charge < -0.3 is 4.74 Å². The summed E-state index contributed by atoms with van der Waals surface area (Å²) in [5.74, 6) is -0.0908. The molecule has 27 heavy (non-hydrogen) atoms. The fourth-order valence-electron chi connectivity index (χ4n) is 2.60. The first-order chi connectivity index (χ1) is 13.2. The molecule has 0 amide bonds. The predicted octanol–water partition coefficient (Wildman–Crippen LogP) is 7.86. The van der Waals surface area contributed by atoms with Crippen molar-refractivity contribution in [3.63, 3.8) is 0 Å². The van der Waals surface area contributed by atoms with Crippen LogP contribution in [0.4, 0.5) is 0 Å². The number of esters is 1. The minimum Gasteiger partial charge on any atom is -0.463 e. The molecule has 0 aromatic heterocycles. The molecule has 2 nitrogen and oxygen atoms in total. The number of carbonyl (C=O) groups is 1. The molecule has 0 bridgehead atoms. The average Bonchev–Trinajstić information content (AvgIpc) is 2.63. The van der Waals surface area contributed by atoms with Crippen LogP contribution in [-0.4, -0.2) is 12.1 Å². The highest BCUT2D eigenvalue weighted by Crippen LogP contribution is 2.06. The Labute approximate surface area is 168 Å². The molecular weight excluding hydrogens is 332 g/mol. The van der Waals surface area contributed by atoms with Gasteiger partial charge in [0.25, 0.3) is 0 Å². The minimum atomic E-state index is -0.0908. The van der Waals surface area contributed by atoms with Crippen molar-refractivity contribution in [1.29, 1.82) is 0 Å². The van der Waals surface area contributed by atoms with E-state index >= 15 is 0 Å². The Balaban J connectivity index is 3.45. The van der Waals surface area contributed by atoms with Gasteiger partial charge in [0.1, 0.15) is 0 Å². The SMILES string of the molecule is CCCCCCC/C=C\C/C=C\C/C=C\C/C=C\CCCC(=O)OC(C)C. The number of allylic oxidation sites excluding steroid dienone is 8. The van der Waals surface area contributed by atoms with Crippen LogP contribution in [0.1, 0.15) is 97.8 Å². The molecule has 0 aromatic rings. The van der Waals surface area contributed by atoms with Gasteiger partial charge in [0.05, 0.1) is 6.10 Å². The monoisotopic (exact) mass is 374 g/mol. The molecule has 0 unspecified atom stereocenters. The van der Waals surface area contributed by atoms with Crippen molar-refractivity contribution < 1.29 is 9.53 Å². The zero-order valence-electron chi connectivity index (χ0n) is 18.0. The zero-order chi connectivity index (χ0) is 20.0. The van der Waals surface area contributed by atoms with Crippen molar-refractivity contribution in [2.75, 3.05) is 0 Å². The maximum atomic E-state index is 11.4. The Morgan fingerprint density at radius 2 is 1.19 bits per heavy atom. The normalized spacial score (nSPS) is 12.4. The molecule has 0 atom stereocenters. The van der Waals surface area contributed by atoms with E-state index in [1.54, 1.807) is 0 Å².